The molecule has 3 aromatic rings. The van der Waals surface area contributed by atoms with Crippen LogP contribution in [0.2, 0.25) is 0 Å². The van der Waals surface area contributed by atoms with Crippen LogP contribution in [-0.2, 0) is 6.42 Å². The number of thiazole rings is 1. The van der Waals surface area contributed by atoms with Gasteiger partial charge in [-0.1, -0.05) is 50.2 Å². The Morgan fingerprint density at radius 2 is 1.90 bits per heavy atom. The van der Waals surface area contributed by atoms with E-state index in [9.17, 15) is 4.79 Å². The molecule has 1 fully saturated rings. The zero-order valence-corrected chi connectivity index (χ0v) is 19.3. The van der Waals surface area contributed by atoms with E-state index in [1.54, 1.807) is 11.3 Å². The summed E-state index contributed by atoms with van der Waals surface area (Å²) in [7, 11) is 0. The topological polar surface area (TPSA) is 45.7 Å². The summed E-state index contributed by atoms with van der Waals surface area (Å²) in [5.41, 5.74) is 3.11. The Kier molecular flexibility index (Phi) is 7.07. The summed E-state index contributed by atoms with van der Waals surface area (Å²) < 4.78 is 7.06. The fraction of sp³-hybridized carbons (Fsp3) is 0.440. The maximum absolute atomic E-state index is 13.0. The number of benzene rings is 2. The molecule has 1 aromatic heterocycles. The average molecular weight is 438 g/mol. The summed E-state index contributed by atoms with van der Waals surface area (Å²) in [6.07, 6.45) is 4.42. The van der Waals surface area contributed by atoms with Gasteiger partial charge in [0.1, 0.15) is 5.75 Å². The van der Waals surface area contributed by atoms with E-state index in [0.717, 1.165) is 48.7 Å². The van der Waals surface area contributed by atoms with Crippen LogP contribution in [0.4, 0.5) is 5.13 Å². The highest BCUT2D eigenvalue weighted by molar-refractivity contribution is 7.22. The number of rotatable bonds is 8. The monoisotopic (exact) mass is 437 g/mol. The highest BCUT2D eigenvalue weighted by Crippen LogP contribution is 2.30. The second-order valence-corrected chi connectivity index (χ2v) is 9.02. The highest BCUT2D eigenvalue weighted by atomic mass is 32.1. The molecule has 2 aromatic carbocycles. The molecule has 0 unspecified atom stereocenters. The predicted octanol–water partition coefficient (Wildman–Crippen LogP) is 5.39. The highest BCUT2D eigenvalue weighted by Gasteiger charge is 2.24. The van der Waals surface area contributed by atoms with E-state index in [1.165, 1.54) is 16.7 Å². The van der Waals surface area contributed by atoms with Gasteiger partial charge in [0.2, 0.25) is 0 Å². The first-order valence-corrected chi connectivity index (χ1v) is 12.2. The Hall–Kier alpha value is -2.60. The van der Waals surface area contributed by atoms with Gasteiger partial charge >= 0.3 is 0 Å². The molecule has 5 nitrogen and oxygen atoms in total. The number of aromatic nitrogens is 1. The fourth-order valence-electron chi connectivity index (χ4n) is 3.86. The number of carbonyl (C=O) groups excluding carboxylic acids is 1. The van der Waals surface area contributed by atoms with Crippen molar-refractivity contribution in [3.8, 4) is 5.75 Å². The Bertz CT molecular complexity index is 1020. The third kappa shape index (κ3) is 5.18. The molecule has 1 amide bonds. The van der Waals surface area contributed by atoms with Gasteiger partial charge < -0.3 is 14.5 Å². The third-order valence-electron chi connectivity index (χ3n) is 5.78. The minimum absolute atomic E-state index is 0.0792. The van der Waals surface area contributed by atoms with Crippen molar-refractivity contribution in [2.75, 3.05) is 37.7 Å². The quantitative estimate of drug-likeness (QED) is 0.443. The van der Waals surface area contributed by atoms with E-state index in [4.69, 9.17) is 9.72 Å². The Labute approximate surface area is 188 Å². The third-order valence-corrected chi connectivity index (χ3v) is 6.86. The number of aryl methyl sites for hydroxylation is 1. The number of ether oxygens (including phenoxy) is 1. The largest absolute Gasteiger partial charge is 0.494 e. The molecular formula is C25H31N3O2S. The van der Waals surface area contributed by atoms with Crippen LogP contribution < -0.4 is 9.64 Å². The Morgan fingerprint density at radius 1 is 1.06 bits per heavy atom. The lowest BCUT2D eigenvalue weighted by atomic mass is 10.1. The van der Waals surface area contributed by atoms with E-state index < -0.39 is 0 Å². The lowest BCUT2D eigenvalue weighted by Crippen LogP contribution is -2.48. The lowest BCUT2D eigenvalue weighted by molar-refractivity contribution is 0.0746. The number of hydrogen-bond acceptors (Lipinski definition) is 5. The molecule has 0 bridgehead atoms. The van der Waals surface area contributed by atoms with Gasteiger partial charge in [0, 0.05) is 31.7 Å². The zero-order chi connectivity index (χ0) is 21.6. The summed E-state index contributed by atoms with van der Waals surface area (Å²) >= 11 is 1.75. The molecule has 6 heteroatoms. The molecule has 0 spiro atoms. The van der Waals surface area contributed by atoms with Crippen LogP contribution in [0.3, 0.4) is 0 Å². The Morgan fingerprint density at radius 3 is 2.68 bits per heavy atom. The van der Waals surface area contributed by atoms with Crippen molar-refractivity contribution in [3.05, 3.63) is 53.6 Å². The number of anilines is 1. The SMILES string of the molecule is CCCCCOc1cccc(C(=O)N2CCN(c3nc4ccc(CC)cc4s3)CC2)c1. The van der Waals surface area contributed by atoms with E-state index >= 15 is 0 Å². The van der Waals surface area contributed by atoms with Crippen LogP contribution >= 0.6 is 11.3 Å². The van der Waals surface area contributed by atoms with Gasteiger partial charge in [0.15, 0.2) is 5.13 Å². The minimum Gasteiger partial charge on any atom is -0.494 e. The van der Waals surface area contributed by atoms with Gasteiger partial charge in [-0.25, -0.2) is 4.98 Å². The van der Waals surface area contributed by atoms with Crippen molar-refractivity contribution in [2.45, 2.75) is 39.5 Å². The molecule has 1 saturated heterocycles. The zero-order valence-electron chi connectivity index (χ0n) is 18.5. The molecular weight excluding hydrogens is 406 g/mol. The maximum Gasteiger partial charge on any atom is 0.254 e. The van der Waals surface area contributed by atoms with E-state index in [1.807, 2.05) is 29.2 Å². The van der Waals surface area contributed by atoms with Crippen LogP contribution in [0.1, 0.15) is 49.0 Å². The molecule has 0 N–H and O–H groups in total. The first-order valence-electron chi connectivity index (χ1n) is 11.3. The van der Waals surface area contributed by atoms with Crippen molar-refractivity contribution < 1.29 is 9.53 Å². The summed E-state index contributed by atoms with van der Waals surface area (Å²) in [6.45, 7) is 8.07. The second kappa shape index (κ2) is 10.1. The van der Waals surface area contributed by atoms with Gasteiger partial charge in [0.05, 0.1) is 16.8 Å². The Balaban J connectivity index is 1.36. The van der Waals surface area contributed by atoms with Crippen LogP contribution in [0.5, 0.6) is 5.75 Å². The molecule has 0 aliphatic carbocycles. The molecule has 164 valence electrons. The molecule has 1 aliphatic heterocycles. The number of unbranched alkanes of at least 4 members (excludes halogenated alkanes) is 2. The number of nitrogens with zero attached hydrogens (tertiary/aromatic N) is 3. The van der Waals surface area contributed by atoms with Gasteiger partial charge in [-0.15, -0.1) is 0 Å². The standard InChI is InChI=1S/C25H31N3O2S/c1-3-5-6-16-30-21-9-7-8-20(18-21)24(29)27-12-14-28(15-13-27)25-26-22-11-10-19(4-2)17-23(22)31-25/h7-11,17-18H,3-6,12-16H2,1-2H3. The summed E-state index contributed by atoms with van der Waals surface area (Å²) in [6, 6.07) is 14.1. The van der Waals surface area contributed by atoms with Crippen molar-refractivity contribution in [3.63, 3.8) is 0 Å². The van der Waals surface area contributed by atoms with Gasteiger partial charge in [-0.3, -0.25) is 4.79 Å². The molecule has 0 saturated carbocycles. The first kappa shape index (κ1) is 21.6. The van der Waals surface area contributed by atoms with Crippen LogP contribution in [0.25, 0.3) is 10.2 Å². The van der Waals surface area contributed by atoms with Crippen molar-refractivity contribution in [1.29, 1.82) is 0 Å². The maximum atomic E-state index is 13.0. The van der Waals surface area contributed by atoms with Crippen molar-refractivity contribution in [1.82, 2.24) is 9.88 Å². The fourth-order valence-corrected chi connectivity index (χ4v) is 4.94. The van der Waals surface area contributed by atoms with Crippen molar-refractivity contribution in [2.24, 2.45) is 0 Å². The summed E-state index contributed by atoms with van der Waals surface area (Å²) in [5, 5.41) is 1.05. The molecule has 0 radical (unpaired) electrons. The van der Waals surface area contributed by atoms with E-state index in [0.29, 0.717) is 25.3 Å². The van der Waals surface area contributed by atoms with Gasteiger partial charge in [-0.05, 0) is 48.7 Å². The van der Waals surface area contributed by atoms with Crippen LogP contribution in [0.15, 0.2) is 42.5 Å². The molecule has 0 atom stereocenters. The molecule has 4 rings (SSSR count). The average Bonchev–Trinajstić information content (AvgIpc) is 3.25. The summed E-state index contributed by atoms with van der Waals surface area (Å²) in [4.78, 5) is 22.1. The normalized spacial score (nSPS) is 14.3. The molecule has 1 aliphatic rings. The number of carbonyl (C=O) groups is 1. The lowest BCUT2D eigenvalue weighted by Gasteiger charge is -2.34. The van der Waals surface area contributed by atoms with E-state index in [-0.39, 0.29) is 5.91 Å². The second-order valence-electron chi connectivity index (χ2n) is 8.01. The number of amides is 1. The molecule has 31 heavy (non-hydrogen) atoms. The van der Waals surface area contributed by atoms with Gasteiger partial charge in [-0.2, -0.15) is 0 Å². The number of piperazine rings is 1. The van der Waals surface area contributed by atoms with Crippen LogP contribution in [-0.4, -0.2) is 48.6 Å². The first-order chi connectivity index (χ1) is 15.2. The minimum atomic E-state index is 0.0792. The van der Waals surface area contributed by atoms with Gasteiger partial charge in [0.25, 0.3) is 5.91 Å². The molecule has 2 heterocycles. The predicted molar refractivity (Wildman–Crippen MR) is 129 cm³/mol. The number of fused-ring (bicyclic) bond motifs is 1. The van der Waals surface area contributed by atoms with Crippen LogP contribution in [0, 0.1) is 0 Å². The van der Waals surface area contributed by atoms with Crippen molar-refractivity contribution >= 4 is 32.6 Å². The summed E-state index contributed by atoms with van der Waals surface area (Å²) in [5.74, 6) is 0.858. The number of hydrogen-bond donors (Lipinski definition) is 0. The smallest absolute Gasteiger partial charge is 0.254 e. The van der Waals surface area contributed by atoms with E-state index in [2.05, 4.69) is 36.9 Å².